The van der Waals surface area contributed by atoms with Crippen molar-refractivity contribution >= 4 is 34.3 Å². The summed E-state index contributed by atoms with van der Waals surface area (Å²) in [6, 6.07) is 5.50. The number of thiophene rings is 1. The Bertz CT molecular complexity index is 994. The van der Waals surface area contributed by atoms with Crippen LogP contribution in [0.5, 0.6) is 11.5 Å². The van der Waals surface area contributed by atoms with Crippen LogP contribution in [-0.2, 0) is 22.4 Å². The van der Waals surface area contributed by atoms with Gasteiger partial charge in [0.2, 0.25) is 12.7 Å². The van der Waals surface area contributed by atoms with Gasteiger partial charge in [0.15, 0.2) is 11.5 Å². The monoisotopic (exact) mass is 427 g/mol. The van der Waals surface area contributed by atoms with Crippen molar-refractivity contribution in [2.24, 2.45) is 5.92 Å². The smallest absolute Gasteiger partial charge is 0.341 e. The number of ether oxygens (including phenoxy) is 3. The second kappa shape index (κ2) is 8.92. The molecule has 158 valence electrons. The van der Waals surface area contributed by atoms with E-state index in [1.54, 1.807) is 13.0 Å². The maximum Gasteiger partial charge on any atom is 0.341 e. The van der Waals surface area contributed by atoms with E-state index >= 15 is 0 Å². The number of amides is 1. The summed E-state index contributed by atoms with van der Waals surface area (Å²) in [5.74, 6) is 1.34. The summed E-state index contributed by atoms with van der Waals surface area (Å²) < 4.78 is 15.9. The minimum absolute atomic E-state index is 0.210. The summed E-state index contributed by atoms with van der Waals surface area (Å²) in [7, 11) is 0. The van der Waals surface area contributed by atoms with Crippen LogP contribution in [0.15, 0.2) is 24.3 Å². The maximum absolute atomic E-state index is 12.6. The molecule has 1 unspecified atom stereocenters. The zero-order chi connectivity index (χ0) is 21.1. The molecule has 6 nitrogen and oxygen atoms in total. The molecule has 0 spiro atoms. The zero-order valence-corrected chi connectivity index (χ0v) is 18.0. The lowest BCUT2D eigenvalue weighted by molar-refractivity contribution is -0.111. The van der Waals surface area contributed by atoms with E-state index in [-0.39, 0.29) is 18.7 Å². The fourth-order valence-corrected chi connectivity index (χ4v) is 5.21. The Morgan fingerprint density at radius 3 is 2.90 bits per heavy atom. The summed E-state index contributed by atoms with van der Waals surface area (Å²) in [5, 5.41) is 3.48. The highest BCUT2D eigenvalue weighted by molar-refractivity contribution is 7.17. The molecule has 7 heteroatoms. The summed E-state index contributed by atoms with van der Waals surface area (Å²) in [6.45, 7) is 4.50. The molecule has 0 bridgehead atoms. The van der Waals surface area contributed by atoms with Gasteiger partial charge in [0.25, 0.3) is 0 Å². The Hall–Kier alpha value is -2.80. The van der Waals surface area contributed by atoms with Crippen molar-refractivity contribution in [3.8, 4) is 11.5 Å². The molecular formula is C23H25NO5S. The first-order valence-corrected chi connectivity index (χ1v) is 11.1. The number of hydrogen-bond acceptors (Lipinski definition) is 6. The second-order valence-electron chi connectivity index (χ2n) is 7.38. The van der Waals surface area contributed by atoms with E-state index in [0.29, 0.717) is 34.6 Å². The van der Waals surface area contributed by atoms with Crippen LogP contribution in [-0.4, -0.2) is 25.3 Å². The average molecular weight is 428 g/mol. The van der Waals surface area contributed by atoms with E-state index < -0.39 is 0 Å². The molecule has 1 aliphatic heterocycles. The van der Waals surface area contributed by atoms with E-state index in [9.17, 15) is 9.59 Å². The first-order valence-electron chi connectivity index (χ1n) is 10.3. The molecule has 0 fully saturated rings. The zero-order valence-electron chi connectivity index (χ0n) is 17.2. The number of hydrogen-bond donors (Lipinski definition) is 1. The maximum atomic E-state index is 12.6. The van der Waals surface area contributed by atoms with Crippen LogP contribution in [0.3, 0.4) is 0 Å². The molecule has 30 heavy (non-hydrogen) atoms. The average Bonchev–Trinajstić information content (AvgIpc) is 3.35. The molecule has 4 rings (SSSR count). The summed E-state index contributed by atoms with van der Waals surface area (Å²) in [6.07, 6.45) is 7.14. The van der Waals surface area contributed by atoms with Crippen LogP contribution in [0.2, 0.25) is 0 Å². The van der Waals surface area contributed by atoms with Crippen molar-refractivity contribution in [2.75, 3.05) is 18.7 Å². The Labute approximate surface area is 179 Å². The highest BCUT2D eigenvalue weighted by atomic mass is 32.1. The van der Waals surface area contributed by atoms with E-state index in [1.807, 2.05) is 18.2 Å². The minimum atomic E-state index is -0.361. The van der Waals surface area contributed by atoms with Gasteiger partial charge in [-0.2, -0.15) is 0 Å². The van der Waals surface area contributed by atoms with Gasteiger partial charge in [-0.05, 0) is 61.4 Å². The quantitative estimate of drug-likeness (QED) is 0.528. The summed E-state index contributed by atoms with van der Waals surface area (Å²) >= 11 is 1.50. The third kappa shape index (κ3) is 4.21. The molecule has 0 saturated carbocycles. The molecule has 1 aromatic heterocycles. The third-order valence-electron chi connectivity index (χ3n) is 5.48. The van der Waals surface area contributed by atoms with E-state index in [0.717, 1.165) is 36.8 Å². The van der Waals surface area contributed by atoms with Crippen molar-refractivity contribution in [3.63, 3.8) is 0 Å². The van der Waals surface area contributed by atoms with Crippen LogP contribution < -0.4 is 14.8 Å². The topological polar surface area (TPSA) is 73.9 Å². The standard InChI is InChI=1S/C23H25NO5S/c1-3-14-5-8-16-19(12-14)30-22(21(16)23(26)27-4-2)24-20(25)10-7-15-6-9-17-18(11-15)29-13-28-17/h6-7,9-11,14H,3-5,8,12-13H2,1-2H3,(H,24,25)/b10-7+. The Kier molecular flexibility index (Phi) is 6.08. The molecule has 1 atom stereocenters. The van der Waals surface area contributed by atoms with Gasteiger partial charge in [-0.15, -0.1) is 11.3 Å². The molecule has 1 aliphatic carbocycles. The van der Waals surface area contributed by atoms with Gasteiger partial charge in [-0.25, -0.2) is 4.79 Å². The molecule has 0 saturated heterocycles. The highest BCUT2D eigenvalue weighted by Gasteiger charge is 2.29. The SMILES string of the molecule is CCOC(=O)c1c(NC(=O)/C=C/c2ccc3c(c2)OCO3)sc2c1CCC(CC)C2. The van der Waals surface area contributed by atoms with Crippen molar-refractivity contribution in [1.29, 1.82) is 0 Å². The predicted molar refractivity (Wildman–Crippen MR) is 116 cm³/mol. The summed E-state index contributed by atoms with van der Waals surface area (Å²) in [4.78, 5) is 26.4. The lowest BCUT2D eigenvalue weighted by Crippen LogP contribution is -2.16. The molecule has 2 aromatic rings. The van der Waals surface area contributed by atoms with Gasteiger partial charge in [-0.1, -0.05) is 19.4 Å². The molecule has 2 heterocycles. The number of esters is 1. The summed E-state index contributed by atoms with van der Waals surface area (Å²) in [5.41, 5.74) is 2.39. The first-order chi connectivity index (χ1) is 14.6. The molecule has 1 aromatic carbocycles. The lowest BCUT2D eigenvalue weighted by atomic mass is 9.85. The third-order valence-corrected chi connectivity index (χ3v) is 6.65. The fraction of sp³-hybridized carbons (Fsp3) is 0.391. The normalized spacial score (nSPS) is 17.1. The van der Waals surface area contributed by atoms with Crippen LogP contribution >= 0.6 is 11.3 Å². The van der Waals surface area contributed by atoms with Gasteiger partial charge in [-0.3, -0.25) is 4.79 Å². The highest BCUT2D eigenvalue weighted by Crippen LogP contribution is 2.41. The van der Waals surface area contributed by atoms with Crippen molar-refractivity contribution in [3.05, 3.63) is 45.8 Å². The first kappa shape index (κ1) is 20.5. The number of benzene rings is 1. The number of carbonyl (C=O) groups is 2. The van der Waals surface area contributed by atoms with Crippen LogP contribution in [0.4, 0.5) is 5.00 Å². The lowest BCUT2D eigenvalue weighted by Gasteiger charge is -2.20. The molecular weight excluding hydrogens is 402 g/mol. The van der Waals surface area contributed by atoms with Crippen molar-refractivity contribution < 1.29 is 23.8 Å². The Morgan fingerprint density at radius 1 is 1.27 bits per heavy atom. The number of carbonyl (C=O) groups excluding carboxylic acids is 2. The Morgan fingerprint density at radius 2 is 2.10 bits per heavy atom. The molecule has 1 amide bonds. The van der Waals surface area contributed by atoms with E-state index in [2.05, 4.69) is 12.2 Å². The number of rotatable bonds is 6. The fourth-order valence-electron chi connectivity index (χ4n) is 3.85. The number of nitrogens with one attached hydrogen (secondary N) is 1. The van der Waals surface area contributed by atoms with Crippen molar-refractivity contribution in [2.45, 2.75) is 39.5 Å². The van der Waals surface area contributed by atoms with Crippen LogP contribution in [0.1, 0.15) is 53.1 Å². The Balaban J connectivity index is 1.53. The van der Waals surface area contributed by atoms with E-state index in [4.69, 9.17) is 14.2 Å². The van der Waals surface area contributed by atoms with Crippen molar-refractivity contribution in [1.82, 2.24) is 0 Å². The van der Waals surface area contributed by atoms with Gasteiger partial charge in [0, 0.05) is 11.0 Å². The number of fused-ring (bicyclic) bond motifs is 2. The molecule has 1 N–H and O–H groups in total. The number of anilines is 1. The second-order valence-corrected chi connectivity index (χ2v) is 8.49. The minimum Gasteiger partial charge on any atom is -0.462 e. The van der Waals surface area contributed by atoms with Gasteiger partial charge in [0.1, 0.15) is 5.00 Å². The van der Waals surface area contributed by atoms with Gasteiger partial charge >= 0.3 is 5.97 Å². The van der Waals surface area contributed by atoms with Crippen LogP contribution in [0, 0.1) is 5.92 Å². The van der Waals surface area contributed by atoms with Crippen LogP contribution in [0.25, 0.3) is 6.08 Å². The predicted octanol–water partition coefficient (Wildman–Crippen LogP) is 4.82. The van der Waals surface area contributed by atoms with Gasteiger partial charge < -0.3 is 19.5 Å². The van der Waals surface area contributed by atoms with E-state index in [1.165, 1.54) is 22.3 Å². The molecule has 2 aliphatic rings. The van der Waals surface area contributed by atoms with Gasteiger partial charge in [0.05, 0.1) is 12.2 Å². The largest absolute Gasteiger partial charge is 0.462 e. The molecule has 0 radical (unpaired) electrons.